The van der Waals surface area contributed by atoms with E-state index in [1.54, 1.807) is 11.8 Å². The highest BCUT2D eigenvalue weighted by molar-refractivity contribution is 7.98. The highest BCUT2D eigenvalue weighted by Crippen LogP contribution is 2.18. The molecule has 1 aromatic carbocycles. The van der Waals surface area contributed by atoms with E-state index in [1.165, 1.54) is 10.5 Å². The minimum atomic E-state index is 0.0394. The smallest absolute Gasteiger partial charge is 0.234 e. The predicted molar refractivity (Wildman–Crippen MR) is 77.9 cm³/mol. The maximum absolute atomic E-state index is 11.5. The zero-order valence-electron chi connectivity index (χ0n) is 11.5. The summed E-state index contributed by atoms with van der Waals surface area (Å²) in [4.78, 5) is 12.8. The van der Waals surface area contributed by atoms with Crippen LogP contribution < -0.4 is 10.6 Å². The molecule has 0 saturated carbocycles. The van der Waals surface area contributed by atoms with Gasteiger partial charge < -0.3 is 10.6 Å². The van der Waals surface area contributed by atoms with E-state index in [9.17, 15) is 4.79 Å². The summed E-state index contributed by atoms with van der Waals surface area (Å²) in [6.45, 7) is 6.34. The van der Waals surface area contributed by atoms with Crippen molar-refractivity contribution in [1.82, 2.24) is 10.6 Å². The topological polar surface area (TPSA) is 41.1 Å². The second-order valence-corrected chi connectivity index (χ2v) is 5.48. The summed E-state index contributed by atoms with van der Waals surface area (Å²) in [5.74, 6) is 0.0394. The molecule has 0 bridgehead atoms. The van der Waals surface area contributed by atoms with Gasteiger partial charge in [-0.15, -0.1) is 11.8 Å². The quantitative estimate of drug-likeness (QED) is 0.778. The van der Waals surface area contributed by atoms with Gasteiger partial charge in [0.25, 0.3) is 0 Å². The number of thioether (sulfide) groups is 1. The third kappa shape index (κ3) is 5.10. The van der Waals surface area contributed by atoms with Crippen molar-refractivity contribution in [3.05, 3.63) is 29.8 Å². The summed E-state index contributed by atoms with van der Waals surface area (Å²) in [6.07, 6.45) is 2.06. The molecule has 2 N–H and O–H groups in total. The lowest BCUT2D eigenvalue weighted by Gasteiger charge is -2.15. The molecule has 0 saturated heterocycles. The summed E-state index contributed by atoms with van der Waals surface area (Å²) in [7, 11) is 0. The van der Waals surface area contributed by atoms with Crippen LogP contribution in [-0.2, 0) is 4.79 Å². The van der Waals surface area contributed by atoms with Crippen LogP contribution in [0.5, 0.6) is 0 Å². The van der Waals surface area contributed by atoms with E-state index in [4.69, 9.17) is 0 Å². The van der Waals surface area contributed by atoms with Gasteiger partial charge >= 0.3 is 0 Å². The Hall–Kier alpha value is -1.00. The molecule has 3 nitrogen and oxygen atoms in total. The zero-order valence-corrected chi connectivity index (χ0v) is 12.3. The van der Waals surface area contributed by atoms with Crippen LogP contribution in [0.2, 0.25) is 0 Å². The van der Waals surface area contributed by atoms with E-state index >= 15 is 0 Å². The molecule has 100 valence electrons. The van der Waals surface area contributed by atoms with E-state index in [0.717, 1.165) is 0 Å². The monoisotopic (exact) mass is 266 g/mol. The molecule has 0 aliphatic carbocycles. The highest BCUT2D eigenvalue weighted by atomic mass is 32.2. The summed E-state index contributed by atoms with van der Waals surface area (Å²) in [5, 5.41) is 6.09. The molecule has 1 unspecified atom stereocenters. The molecule has 1 amide bonds. The van der Waals surface area contributed by atoms with Gasteiger partial charge in [-0.3, -0.25) is 4.79 Å². The summed E-state index contributed by atoms with van der Waals surface area (Å²) in [5.41, 5.74) is 1.20. The molecule has 4 heteroatoms. The van der Waals surface area contributed by atoms with Crippen molar-refractivity contribution in [1.29, 1.82) is 0 Å². The fourth-order valence-electron chi connectivity index (χ4n) is 1.63. The van der Waals surface area contributed by atoms with Crippen LogP contribution in [0, 0.1) is 0 Å². The van der Waals surface area contributed by atoms with Gasteiger partial charge in [-0.1, -0.05) is 12.1 Å². The Balaban J connectivity index is 2.44. The molecule has 0 radical (unpaired) electrons. The largest absolute Gasteiger partial charge is 0.353 e. The lowest BCUT2D eigenvalue weighted by molar-refractivity contribution is -0.120. The van der Waals surface area contributed by atoms with E-state index in [-0.39, 0.29) is 18.0 Å². The van der Waals surface area contributed by atoms with Gasteiger partial charge in [-0.2, -0.15) is 0 Å². The van der Waals surface area contributed by atoms with Gasteiger partial charge in [0.05, 0.1) is 6.54 Å². The molecule has 1 aromatic rings. The van der Waals surface area contributed by atoms with Crippen LogP contribution >= 0.6 is 11.8 Å². The van der Waals surface area contributed by atoms with Gasteiger partial charge in [0.1, 0.15) is 0 Å². The number of hydrogen-bond donors (Lipinski definition) is 2. The van der Waals surface area contributed by atoms with Crippen LogP contribution in [0.1, 0.15) is 32.4 Å². The minimum Gasteiger partial charge on any atom is -0.353 e. The van der Waals surface area contributed by atoms with Crippen LogP contribution in [0.4, 0.5) is 0 Å². The molecule has 1 rings (SSSR count). The number of amides is 1. The predicted octanol–water partition coefficient (Wildman–Crippen LogP) is 2.58. The van der Waals surface area contributed by atoms with Gasteiger partial charge in [0.2, 0.25) is 5.91 Å². The van der Waals surface area contributed by atoms with Gasteiger partial charge in [-0.05, 0) is 44.7 Å². The standard InChI is InChI=1S/C14H22N2OS/c1-10(2)16-14(17)9-15-11(3)12-5-7-13(18-4)8-6-12/h5-8,10-11,15H,9H2,1-4H3,(H,16,17). The van der Waals surface area contributed by atoms with Crippen molar-refractivity contribution < 1.29 is 4.79 Å². The van der Waals surface area contributed by atoms with Crippen molar-refractivity contribution in [2.75, 3.05) is 12.8 Å². The maximum Gasteiger partial charge on any atom is 0.234 e. The first kappa shape index (κ1) is 15.1. The fraction of sp³-hybridized carbons (Fsp3) is 0.500. The summed E-state index contributed by atoms with van der Waals surface area (Å²) in [6, 6.07) is 8.78. The molecule has 0 aromatic heterocycles. The van der Waals surface area contributed by atoms with E-state index < -0.39 is 0 Å². The van der Waals surface area contributed by atoms with Crippen molar-refractivity contribution in [3.63, 3.8) is 0 Å². The molecule has 0 fully saturated rings. The van der Waals surface area contributed by atoms with Crippen molar-refractivity contribution >= 4 is 17.7 Å². The Morgan fingerprint density at radius 1 is 1.22 bits per heavy atom. The number of rotatable bonds is 6. The first-order valence-corrected chi connectivity index (χ1v) is 7.42. The van der Waals surface area contributed by atoms with Gasteiger partial charge in [0, 0.05) is 17.0 Å². The molecule has 1 atom stereocenters. The van der Waals surface area contributed by atoms with Crippen molar-refractivity contribution in [2.45, 2.75) is 37.8 Å². The Morgan fingerprint density at radius 3 is 2.33 bits per heavy atom. The third-order valence-corrected chi connectivity index (χ3v) is 3.38. The normalized spacial score (nSPS) is 12.5. The van der Waals surface area contributed by atoms with E-state index in [0.29, 0.717) is 6.54 Å². The van der Waals surface area contributed by atoms with Crippen LogP contribution in [0.3, 0.4) is 0 Å². The van der Waals surface area contributed by atoms with Gasteiger partial charge in [-0.25, -0.2) is 0 Å². The van der Waals surface area contributed by atoms with Crippen LogP contribution in [0.15, 0.2) is 29.2 Å². The Kier molecular flexibility index (Phi) is 6.22. The van der Waals surface area contributed by atoms with Crippen LogP contribution in [-0.4, -0.2) is 24.7 Å². The third-order valence-electron chi connectivity index (χ3n) is 2.63. The minimum absolute atomic E-state index is 0.0394. The molecular formula is C14H22N2OS. The maximum atomic E-state index is 11.5. The number of nitrogens with one attached hydrogen (secondary N) is 2. The average Bonchev–Trinajstić information content (AvgIpc) is 2.35. The molecule has 0 heterocycles. The molecular weight excluding hydrogens is 244 g/mol. The average molecular weight is 266 g/mol. The van der Waals surface area contributed by atoms with Crippen LogP contribution in [0.25, 0.3) is 0 Å². The molecule has 0 spiro atoms. The SMILES string of the molecule is CSc1ccc(C(C)NCC(=O)NC(C)C)cc1. The Bertz CT molecular complexity index is 376. The molecule has 0 aliphatic heterocycles. The Labute approximate surface area is 114 Å². The number of benzene rings is 1. The van der Waals surface area contributed by atoms with Crippen molar-refractivity contribution in [2.24, 2.45) is 0 Å². The van der Waals surface area contributed by atoms with E-state index in [1.807, 2.05) is 13.8 Å². The van der Waals surface area contributed by atoms with E-state index in [2.05, 4.69) is 48.1 Å². The first-order valence-electron chi connectivity index (χ1n) is 6.19. The number of hydrogen-bond acceptors (Lipinski definition) is 3. The second-order valence-electron chi connectivity index (χ2n) is 4.60. The van der Waals surface area contributed by atoms with Crippen molar-refractivity contribution in [3.8, 4) is 0 Å². The second kappa shape index (κ2) is 7.44. The molecule has 0 aliphatic rings. The summed E-state index contributed by atoms with van der Waals surface area (Å²) >= 11 is 1.73. The Morgan fingerprint density at radius 2 is 1.83 bits per heavy atom. The number of carbonyl (C=O) groups excluding carboxylic acids is 1. The summed E-state index contributed by atoms with van der Waals surface area (Å²) < 4.78 is 0. The zero-order chi connectivity index (χ0) is 13.5. The fourth-order valence-corrected chi connectivity index (χ4v) is 2.04. The number of carbonyl (C=O) groups is 1. The molecule has 18 heavy (non-hydrogen) atoms. The van der Waals surface area contributed by atoms with Gasteiger partial charge in [0.15, 0.2) is 0 Å². The lowest BCUT2D eigenvalue weighted by atomic mass is 10.1. The lowest BCUT2D eigenvalue weighted by Crippen LogP contribution is -2.38. The first-order chi connectivity index (χ1) is 8.52. The highest BCUT2D eigenvalue weighted by Gasteiger charge is 2.08.